The van der Waals surface area contributed by atoms with Crippen molar-refractivity contribution in [1.82, 2.24) is 0 Å². The number of nitrogens with zero attached hydrogens (tertiary/aromatic N) is 1. The second-order valence-electron chi connectivity index (χ2n) is 4.97. The van der Waals surface area contributed by atoms with E-state index >= 15 is 0 Å². The topological polar surface area (TPSA) is 98.5 Å². The van der Waals surface area contributed by atoms with E-state index in [-0.39, 0.29) is 30.0 Å². The number of nitrogens with one attached hydrogen (secondary N) is 1. The van der Waals surface area contributed by atoms with Crippen molar-refractivity contribution in [2.24, 2.45) is 0 Å². The molecule has 0 saturated heterocycles. The molecule has 0 heterocycles. The highest BCUT2D eigenvalue weighted by molar-refractivity contribution is 6.00. The van der Waals surface area contributed by atoms with Crippen molar-refractivity contribution in [1.29, 1.82) is 0 Å². The Morgan fingerprint density at radius 3 is 2.38 bits per heavy atom. The first-order chi connectivity index (χ1) is 11.5. The third kappa shape index (κ3) is 4.39. The van der Waals surface area contributed by atoms with Crippen LogP contribution in [0.15, 0.2) is 48.5 Å². The largest absolute Gasteiger partial charge is 0.497 e. The van der Waals surface area contributed by atoms with Gasteiger partial charge in [0.05, 0.1) is 12.0 Å². The van der Waals surface area contributed by atoms with E-state index < -0.39 is 10.8 Å². The van der Waals surface area contributed by atoms with Gasteiger partial charge in [-0.3, -0.25) is 19.7 Å². The molecule has 0 atom stereocenters. The van der Waals surface area contributed by atoms with Crippen LogP contribution in [0, 0.1) is 10.1 Å². The lowest BCUT2D eigenvalue weighted by molar-refractivity contribution is -0.383. The van der Waals surface area contributed by atoms with E-state index in [1.807, 2.05) is 0 Å². The molecular weight excluding hydrogens is 312 g/mol. The van der Waals surface area contributed by atoms with Crippen LogP contribution in [0.5, 0.6) is 5.75 Å². The minimum atomic E-state index is -0.571. The molecule has 7 nitrogen and oxygen atoms in total. The summed E-state index contributed by atoms with van der Waals surface area (Å²) in [5, 5.41) is 13.4. The van der Waals surface area contributed by atoms with Gasteiger partial charge in [0.25, 0.3) is 5.69 Å². The maximum absolute atomic E-state index is 12.0. The number of amides is 1. The highest BCUT2D eigenvalue weighted by Crippen LogP contribution is 2.23. The molecule has 24 heavy (non-hydrogen) atoms. The normalized spacial score (nSPS) is 10.0. The van der Waals surface area contributed by atoms with Gasteiger partial charge in [0.2, 0.25) is 5.91 Å². The van der Waals surface area contributed by atoms with Gasteiger partial charge < -0.3 is 10.1 Å². The van der Waals surface area contributed by atoms with Crippen molar-refractivity contribution < 1.29 is 19.2 Å². The second kappa shape index (κ2) is 7.87. The van der Waals surface area contributed by atoms with Gasteiger partial charge in [0.15, 0.2) is 5.78 Å². The Morgan fingerprint density at radius 1 is 1.08 bits per heavy atom. The van der Waals surface area contributed by atoms with E-state index in [4.69, 9.17) is 4.74 Å². The average Bonchev–Trinajstić information content (AvgIpc) is 2.60. The average molecular weight is 328 g/mol. The van der Waals surface area contributed by atoms with Crippen LogP contribution in [0.3, 0.4) is 0 Å². The van der Waals surface area contributed by atoms with Gasteiger partial charge in [0.1, 0.15) is 11.4 Å². The molecule has 0 bridgehead atoms. The number of Topliss-reactive ketones (excluding diaryl/α,β-unsaturated/α-hetero) is 1. The van der Waals surface area contributed by atoms with Crippen LogP contribution in [0.2, 0.25) is 0 Å². The van der Waals surface area contributed by atoms with E-state index in [0.29, 0.717) is 11.3 Å². The summed E-state index contributed by atoms with van der Waals surface area (Å²) in [6.45, 7) is 0. The Morgan fingerprint density at radius 2 is 1.75 bits per heavy atom. The second-order valence-corrected chi connectivity index (χ2v) is 4.97. The van der Waals surface area contributed by atoms with Gasteiger partial charge in [-0.1, -0.05) is 12.1 Å². The first-order valence-corrected chi connectivity index (χ1v) is 7.22. The third-order valence-electron chi connectivity index (χ3n) is 3.37. The zero-order chi connectivity index (χ0) is 17.5. The summed E-state index contributed by atoms with van der Waals surface area (Å²) in [7, 11) is 1.53. The molecule has 0 saturated carbocycles. The van der Waals surface area contributed by atoms with E-state index in [0.717, 1.165) is 0 Å². The first kappa shape index (κ1) is 17.1. The fraction of sp³-hybridized carbons (Fsp3) is 0.176. The van der Waals surface area contributed by atoms with Crippen molar-refractivity contribution in [3.05, 3.63) is 64.2 Å². The van der Waals surface area contributed by atoms with Crippen molar-refractivity contribution >= 4 is 23.1 Å². The number of carbonyl (C=O) groups excluding carboxylic acids is 2. The molecule has 0 unspecified atom stereocenters. The minimum Gasteiger partial charge on any atom is -0.497 e. The lowest BCUT2D eigenvalue weighted by atomic mass is 10.1. The summed E-state index contributed by atoms with van der Waals surface area (Å²) in [5.74, 6) is 0.00204. The predicted octanol–water partition coefficient (Wildman–Crippen LogP) is 3.21. The number of methoxy groups -OCH3 is 1. The maximum Gasteiger partial charge on any atom is 0.292 e. The molecule has 124 valence electrons. The molecule has 2 aromatic rings. The number of carbonyl (C=O) groups is 2. The van der Waals surface area contributed by atoms with Gasteiger partial charge in [-0.05, 0) is 30.3 Å². The molecule has 2 aromatic carbocycles. The Bertz CT molecular complexity index is 756. The number of benzene rings is 2. The zero-order valence-corrected chi connectivity index (χ0v) is 13.0. The lowest BCUT2D eigenvalue weighted by Crippen LogP contribution is -2.14. The number of nitro benzene ring substituents is 1. The van der Waals surface area contributed by atoms with Gasteiger partial charge in [0, 0.05) is 24.5 Å². The highest BCUT2D eigenvalue weighted by atomic mass is 16.6. The number of ether oxygens (including phenoxy) is 1. The van der Waals surface area contributed by atoms with Crippen LogP contribution in [-0.4, -0.2) is 23.7 Å². The van der Waals surface area contributed by atoms with Gasteiger partial charge in [-0.25, -0.2) is 0 Å². The predicted molar refractivity (Wildman–Crippen MR) is 88.3 cm³/mol. The number of hydrogen-bond acceptors (Lipinski definition) is 5. The molecular formula is C17H16N2O5. The molecule has 0 fully saturated rings. The Labute approximate surface area is 138 Å². The smallest absolute Gasteiger partial charge is 0.292 e. The monoisotopic (exact) mass is 328 g/mol. The summed E-state index contributed by atoms with van der Waals surface area (Å²) in [5.41, 5.74) is 0.408. The van der Waals surface area contributed by atoms with Gasteiger partial charge in [-0.2, -0.15) is 0 Å². The van der Waals surface area contributed by atoms with Crippen LogP contribution in [0.4, 0.5) is 11.4 Å². The summed E-state index contributed by atoms with van der Waals surface area (Å²) in [4.78, 5) is 34.3. The van der Waals surface area contributed by atoms with Crippen LogP contribution in [0.1, 0.15) is 23.2 Å². The van der Waals surface area contributed by atoms with Crippen molar-refractivity contribution in [2.75, 3.05) is 12.4 Å². The fourth-order valence-electron chi connectivity index (χ4n) is 2.10. The fourth-order valence-corrected chi connectivity index (χ4v) is 2.10. The molecule has 0 aliphatic rings. The Balaban J connectivity index is 1.93. The minimum absolute atomic E-state index is 0.0127. The lowest BCUT2D eigenvalue weighted by Gasteiger charge is -2.06. The molecule has 0 radical (unpaired) electrons. The van der Waals surface area contributed by atoms with E-state index in [1.165, 1.54) is 25.3 Å². The SMILES string of the molecule is COc1ccc(C(=O)CCC(=O)Nc2ccccc2[N+](=O)[O-])cc1. The molecule has 0 spiro atoms. The standard InChI is InChI=1S/C17H16N2O5/c1-24-13-8-6-12(7-9-13)16(20)10-11-17(21)18-14-4-2-3-5-15(14)19(22)23/h2-9H,10-11H2,1H3,(H,18,21). The highest BCUT2D eigenvalue weighted by Gasteiger charge is 2.15. The number of hydrogen-bond donors (Lipinski definition) is 1. The number of anilines is 1. The molecule has 2 rings (SSSR count). The number of para-hydroxylation sites is 2. The molecule has 0 aliphatic carbocycles. The van der Waals surface area contributed by atoms with Crippen molar-refractivity contribution in [3.8, 4) is 5.75 Å². The van der Waals surface area contributed by atoms with Crippen LogP contribution in [0.25, 0.3) is 0 Å². The van der Waals surface area contributed by atoms with E-state index in [2.05, 4.69) is 5.32 Å². The van der Waals surface area contributed by atoms with Crippen LogP contribution in [-0.2, 0) is 4.79 Å². The molecule has 1 N–H and O–H groups in total. The van der Waals surface area contributed by atoms with Crippen LogP contribution >= 0.6 is 0 Å². The summed E-state index contributed by atoms with van der Waals surface area (Å²) < 4.78 is 5.01. The van der Waals surface area contributed by atoms with E-state index in [1.54, 1.807) is 30.3 Å². The van der Waals surface area contributed by atoms with Crippen molar-refractivity contribution in [3.63, 3.8) is 0 Å². The number of nitro groups is 1. The number of rotatable bonds is 7. The molecule has 0 aliphatic heterocycles. The Hall–Kier alpha value is -3.22. The summed E-state index contributed by atoms with van der Waals surface area (Å²) in [6.07, 6.45) is -0.0459. The third-order valence-corrected chi connectivity index (χ3v) is 3.37. The maximum atomic E-state index is 12.0. The van der Waals surface area contributed by atoms with Gasteiger partial charge in [-0.15, -0.1) is 0 Å². The van der Waals surface area contributed by atoms with Crippen molar-refractivity contribution in [2.45, 2.75) is 12.8 Å². The zero-order valence-electron chi connectivity index (χ0n) is 13.0. The first-order valence-electron chi connectivity index (χ1n) is 7.22. The summed E-state index contributed by atoms with van der Waals surface area (Å²) in [6, 6.07) is 12.4. The van der Waals surface area contributed by atoms with Crippen LogP contribution < -0.4 is 10.1 Å². The van der Waals surface area contributed by atoms with Gasteiger partial charge >= 0.3 is 0 Å². The Kier molecular flexibility index (Phi) is 5.62. The number of ketones is 1. The quantitative estimate of drug-likeness (QED) is 0.478. The molecule has 7 heteroatoms. The molecule has 1 amide bonds. The molecule has 0 aromatic heterocycles. The van der Waals surface area contributed by atoms with E-state index in [9.17, 15) is 19.7 Å². The summed E-state index contributed by atoms with van der Waals surface area (Å²) >= 11 is 0.